The van der Waals surface area contributed by atoms with Gasteiger partial charge in [-0.1, -0.05) is 19.1 Å². The SMILES string of the molecule is CCCOc1ccccc1-c1nc(Cl)nc(OC)n1. The van der Waals surface area contributed by atoms with E-state index in [4.69, 9.17) is 21.1 Å². The van der Waals surface area contributed by atoms with Crippen molar-refractivity contribution >= 4 is 11.6 Å². The lowest BCUT2D eigenvalue weighted by atomic mass is 10.2. The summed E-state index contributed by atoms with van der Waals surface area (Å²) in [7, 11) is 1.48. The van der Waals surface area contributed by atoms with E-state index >= 15 is 0 Å². The summed E-state index contributed by atoms with van der Waals surface area (Å²) >= 11 is 5.85. The molecule has 1 aromatic heterocycles. The van der Waals surface area contributed by atoms with Crippen molar-refractivity contribution in [1.29, 1.82) is 0 Å². The van der Waals surface area contributed by atoms with Gasteiger partial charge in [-0.2, -0.15) is 15.0 Å². The van der Waals surface area contributed by atoms with Crippen LogP contribution in [0.3, 0.4) is 0 Å². The molecule has 0 aliphatic heterocycles. The molecule has 0 amide bonds. The van der Waals surface area contributed by atoms with Gasteiger partial charge in [0.05, 0.1) is 19.3 Å². The Labute approximate surface area is 116 Å². The second-order valence-corrected chi connectivity index (χ2v) is 4.10. The standard InChI is InChI=1S/C13H14ClN3O2/c1-3-8-19-10-7-5-4-6-9(10)11-15-12(14)17-13(16-11)18-2/h4-7H,3,8H2,1-2H3. The summed E-state index contributed by atoms with van der Waals surface area (Å²) in [4.78, 5) is 12.1. The van der Waals surface area contributed by atoms with Gasteiger partial charge in [0.15, 0.2) is 5.82 Å². The Morgan fingerprint density at radius 3 is 2.68 bits per heavy atom. The first kappa shape index (κ1) is 13.5. The largest absolute Gasteiger partial charge is 0.493 e. The summed E-state index contributed by atoms with van der Waals surface area (Å²) in [6.07, 6.45) is 0.926. The molecular formula is C13H14ClN3O2. The molecule has 0 aliphatic carbocycles. The molecule has 100 valence electrons. The van der Waals surface area contributed by atoms with Crippen LogP contribution in [0.5, 0.6) is 11.8 Å². The first-order valence-corrected chi connectivity index (χ1v) is 6.30. The number of para-hydroxylation sites is 1. The van der Waals surface area contributed by atoms with Crippen LogP contribution >= 0.6 is 11.6 Å². The number of aromatic nitrogens is 3. The zero-order valence-corrected chi connectivity index (χ0v) is 11.5. The van der Waals surface area contributed by atoms with E-state index in [2.05, 4.69) is 15.0 Å². The monoisotopic (exact) mass is 279 g/mol. The van der Waals surface area contributed by atoms with Crippen LogP contribution in [0.2, 0.25) is 5.28 Å². The predicted molar refractivity (Wildman–Crippen MR) is 72.6 cm³/mol. The third-order valence-corrected chi connectivity index (χ3v) is 2.53. The fourth-order valence-electron chi connectivity index (χ4n) is 1.53. The number of ether oxygens (including phenoxy) is 2. The van der Waals surface area contributed by atoms with Crippen molar-refractivity contribution in [2.45, 2.75) is 13.3 Å². The average molecular weight is 280 g/mol. The van der Waals surface area contributed by atoms with Crippen molar-refractivity contribution in [3.63, 3.8) is 0 Å². The summed E-state index contributed by atoms with van der Waals surface area (Å²) in [5.41, 5.74) is 0.763. The van der Waals surface area contributed by atoms with E-state index < -0.39 is 0 Å². The van der Waals surface area contributed by atoms with Crippen molar-refractivity contribution in [3.05, 3.63) is 29.5 Å². The van der Waals surface area contributed by atoms with Gasteiger partial charge < -0.3 is 9.47 Å². The Balaban J connectivity index is 2.43. The topological polar surface area (TPSA) is 57.1 Å². The smallest absolute Gasteiger partial charge is 0.321 e. The number of methoxy groups -OCH3 is 1. The van der Waals surface area contributed by atoms with Gasteiger partial charge in [-0.25, -0.2) is 0 Å². The second-order valence-electron chi connectivity index (χ2n) is 3.76. The highest BCUT2D eigenvalue weighted by atomic mass is 35.5. The van der Waals surface area contributed by atoms with Crippen molar-refractivity contribution in [2.75, 3.05) is 13.7 Å². The third kappa shape index (κ3) is 3.32. The summed E-state index contributed by atoms with van der Waals surface area (Å²) < 4.78 is 10.7. The number of halogens is 1. The molecule has 0 bridgehead atoms. The molecule has 0 unspecified atom stereocenters. The van der Waals surface area contributed by atoms with Gasteiger partial charge in [-0.05, 0) is 30.2 Å². The van der Waals surface area contributed by atoms with Crippen LogP contribution in [0.4, 0.5) is 0 Å². The first-order chi connectivity index (χ1) is 9.24. The Morgan fingerprint density at radius 1 is 1.16 bits per heavy atom. The van der Waals surface area contributed by atoms with Crippen LogP contribution in [-0.2, 0) is 0 Å². The fraction of sp³-hybridized carbons (Fsp3) is 0.308. The molecule has 0 fully saturated rings. The molecule has 19 heavy (non-hydrogen) atoms. The minimum atomic E-state index is 0.0899. The lowest BCUT2D eigenvalue weighted by Gasteiger charge is -2.10. The summed E-state index contributed by atoms with van der Waals surface area (Å²) in [5.74, 6) is 1.15. The quantitative estimate of drug-likeness (QED) is 0.842. The molecule has 0 spiro atoms. The van der Waals surface area contributed by atoms with Gasteiger partial charge in [0.2, 0.25) is 5.28 Å². The molecule has 0 saturated carbocycles. The summed E-state index contributed by atoms with van der Waals surface area (Å²) in [5, 5.41) is 0.0899. The van der Waals surface area contributed by atoms with Crippen LogP contribution in [0.15, 0.2) is 24.3 Å². The van der Waals surface area contributed by atoms with E-state index in [-0.39, 0.29) is 11.3 Å². The molecule has 1 aromatic carbocycles. The summed E-state index contributed by atoms with van der Waals surface area (Å²) in [6.45, 7) is 2.68. The molecule has 5 nitrogen and oxygen atoms in total. The Hall–Kier alpha value is -1.88. The molecular weight excluding hydrogens is 266 g/mol. The molecule has 0 aliphatic rings. The Bertz CT molecular complexity index is 563. The number of hydrogen-bond acceptors (Lipinski definition) is 5. The van der Waals surface area contributed by atoms with Gasteiger partial charge >= 0.3 is 6.01 Å². The van der Waals surface area contributed by atoms with E-state index in [1.54, 1.807) is 0 Å². The van der Waals surface area contributed by atoms with Gasteiger partial charge in [-0.15, -0.1) is 0 Å². The van der Waals surface area contributed by atoms with E-state index in [0.29, 0.717) is 18.2 Å². The normalized spacial score (nSPS) is 10.3. The molecule has 0 N–H and O–H groups in total. The highest BCUT2D eigenvalue weighted by Gasteiger charge is 2.12. The number of nitrogens with zero attached hydrogens (tertiary/aromatic N) is 3. The highest BCUT2D eigenvalue weighted by Crippen LogP contribution is 2.28. The highest BCUT2D eigenvalue weighted by molar-refractivity contribution is 6.28. The molecule has 2 rings (SSSR count). The third-order valence-electron chi connectivity index (χ3n) is 2.36. The fourth-order valence-corrected chi connectivity index (χ4v) is 1.69. The van der Waals surface area contributed by atoms with Crippen molar-refractivity contribution < 1.29 is 9.47 Å². The van der Waals surface area contributed by atoms with Crippen LogP contribution in [0, 0.1) is 0 Å². The van der Waals surface area contributed by atoms with Gasteiger partial charge in [0.25, 0.3) is 0 Å². The van der Waals surface area contributed by atoms with Crippen molar-refractivity contribution in [3.8, 4) is 23.1 Å². The predicted octanol–water partition coefficient (Wildman–Crippen LogP) is 2.99. The maximum absolute atomic E-state index is 5.85. The molecule has 0 radical (unpaired) electrons. The minimum Gasteiger partial charge on any atom is -0.493 e. The average Bonchev–Trinajstić information content (AvgIpc) is 2.44. The Kier molecular flexibility index (Phi) is 4.52. The molecule has 0 saturated heterocycles. The summed E-state index contributed by atoms with van der Waals surface area (Å²) in [6, 6.07) is 7.71. The van der Waals surface area contributed by atoms with Crippen LogP contribution < -0.4 is 9.47 Å². The van der Waals surface area contributed by atoms with E-state index in [0.717, 1.165) is 12.0 Å². The molecule has 0 atom stereocenters. The number of benzene rings is 1. The van der Waals surface area contributed by atoms with E-state index in [1.165, 1.54) is 7.11 Å². The van der Waals surface area contributed by atoms with Gasteiger partial charge in [0, 0.05) is 0 Å². The van der Waals surface area contributed by atoms with Crippen LogP contribution in [-0.4, -0.2) is 28.7 Å². The number of hydrogen-bond donors (Lipinski definition) is 0. The maximum Gasteiger partial charge on any atom is 0.321 e. The Morgan fingerprint density at radius 2 is 1.95 bits per heavy atom. The second kappa shape index (κ2) is 6.33. The minimum absolute atomic E-state index is 0.0899. The lowest BCUT2D eigenvalue weighted by molar-refractivity contribution is 0.318. The van der Waals surface area contributed by atoms with E-state index in [9.17, 15) is 0 Å². The molecule has 2 aromatic rings. The van der Waals surface area contributed by atoms with Crippen molar-refractivity contribution in [1.82, 2.24) is 15.0 Å². The van der Waals surface area contributed by atoms with Gasteiger partial charge in [-0.3, -0.25) is 0 Å². The van der Waals surface area contributed by atoms with Gasteiger partial charge in [0.1, 0.15) is 5.75 Å². The van der Waals surface area contributed by atoms with Crippen molar-refractivity contribution in [2.24, 2.45) is 0 Å². The van der Waals surface area contributed by atoms with Crippen LogP contribution in [0.1, 0.15) is 13.3 Å². The van der Waals surface area contributed by atoms with E-state index in [1.807, 2.05) is 31.2 Å². The van der Waals surface area contributed by atoms with Crippen LogP contribution in [0.25, 0.3) is 11.4 Å². The maximum atomic E-state index is 5.85. The molecule has 1 heterocycles. The number of rotatable bonds is 5. The zero-order valence-electron chi connectivity index (χ0n) is 10.8. The first-order valence-electron chi connectivity index (χ1n) is 5.92. The molecule has 6 heteroatoms. The lowest BCUT2D eigenvalue weighted by Crippen LogP contribution is -2.01. The zero-order chi connectivity index (χ0) is 13.7.